The molecular weight excluding hydrogens is 489 g/mol. The molecule has 0 aromatic carbocycles. The number of piperazine rings is 1. The van der Waals surface area contributed by atoms with Gasteiger partial charge in [0, 0.05) is 31.1 Å². The van der Waals surface area contributed by atoms with Crippen molar-refractivity contribution in [3.63, 3.8) is 0 Å². The van der Waals surface area contributed by atoms with Crippen molar-refractivity contribution in [1.82, 2.24) is 20.0 Å². The van der Waals surface area contributed by atoms with E-state index in [-0.39, 0.29) is 36.1 Å². The molecule has 0 bridgehead atoms. The zero-order valence-corrected chi connectivity index (χ0v) is 20.5. The van der Waals surface area contributed by atoms with E-state index in [9.17, 15) is 4.79 Å². The molecule has 9 heteroatoms. The van der Waals surface area contributed by atoms with Crippen molar-refractivity contribution < 1.29 is 9.53 Å². The molecule has 1 saturated heterocycles. The van der Waals surface area contributed by atoms with E-state index in [2.05, 4.69) is 46.7 Å². The van der Waals surface area contributed by atoms with Crippen LogP contribution in [-0.2, 0) is 4.74 Å². The van der Waals surface area contributed by atoms with Crippen LogP contribution in [0.25, 0.3) is 0 Å². The molecule has 1 aromatic rings. The Bertz CT molecular complexity index is 674. The first-order valence-electron chi connectivity index (χ1n) is 9.47. The lowest BCUT2D eigenvalue weighted by molar-refractivity contribution is 0.0137. The smallest absolute Gasteiger partial charge is 0.410 e. The van der Waals surface area contributed by atoms with Crippen LogP contribution >= 0.6 is 35.3 Å². The molecule has 1 aromatic heterocycles. The molecule has 2 unspecified atom stereocenters. The Morgan fingerprint density at radius 3 is 2.79 bits per heavy atom. The molecule has 0 aliphatic carbocycles. The molecule has 2 aliphatic rings. The summed E-state index contributed by atoms with van der Waals surface area (Å²) in [6.07, 6.45) is -0.228. The quantitative estimate of drug-likeness (QED) is 0.618. The van der Waals surface area contributed by atoms with Gasteiger partial charge in [-0.05, 0) is 46.3 Å². The van der Waals surface area contributed by atoms with Crippen molar-refractivity contribution in [2.24, 2.45) is 4.99 Å². The third-order valence-electron chi connectivity index (χ3n) is 4.81. The number of fused-ring (bicyclic) bond motifs is 1. The predicted octanol–water partition coefficient (Wildman–Crippen LogP) is 2.85. The Kier molecular flexibility index (Phi) is 7.97. The Labute approximate surface area is 189 Å². The zero-order valence-electron chi connectivity index (χ0n) is 17.3. The van der Waals surface area contributed by atoms with Gasteiger partial charge < -0.3 is 24.8 Å². The van der Waals surface area contributed by atoms with Gasteiger partial charge in [0.25, 0.3) is 0 Å². The second-order valence-corrected chi connectivity index (χ2v) is 9.29. The highest BCUT2D eigenvalue weighted by atomic mass is 127. The number of rotatable bonds is 4. The van der Waals surface area contributed by atoms with Crippen LogP contribution in [0.4, 0.5) is 4.79 Å². The number of likely N-dealkylation sites (N-methyl/N-ethyl adjacent to an activating group) is 1. The maximum absolute atomic E-state index is 12.3. The average molecular weight is 521 g/mol. The predicted molar refractivity (Wildman–Crippen MR) is 125 cm³/mol. The number of halogens is 1. The molecule has 3 rings (SSSR count). The van der Waals surface area contributed by atoms with Crippen molar-refractivity contribution in [2.45, 2.75) is 38.5 Å². The fourth-order valence-corrected chi connectivity index (χ4v) is 4.35. The number of hydrogen-bond acceptors (Lipinski definition) is 7. The van der Waals surface area contributed by atoms with Crippen molar-refractivity contribution in [3.05, 3.63) is 22.4 Å². The fourth-order valence-electron chi connectivity index (χ4n) is 3.43. The molecule has 0 saturated carbocycles. The number of hydrogen-bond donors (Lipinski definition) is 1. The number of guanidine groups is 1. The van der Waals surface area contributed by atoms with Gasteiger partial charge in [0.05, 0.1) is 18.6 Å². The van der Waals surface area contributed by atoms with Crippen LogP contribution in [-0.4, -0.2) is 85.2 Å². The minimum Gasteiger partial charge on any atom is -0.444 e. The summed E-state index contributed by atoms with van der Waals surface area (Å²) in [5.41, 5.74) is -0.462. The summed E-state index contributed by atoms with van der Waals surface area (Å²) in [5, 5.41) is 5.65. The fraction of sp³-hybridized carbons (Fsp3) is 0.684. The van der Waals surface area contributed by atoms with Gasteiger partial charge in [-0.25, -0.2) is 4.79 Å². The van der Waals surface area contributed by atoms with E-state index in [1.54, 1.807) is 16.2 Å². The number of nitrogens with one attached hydrogen (secondary N) is 1. The van der Waals surface area contributed by atoms with Crippen molar-refractivity contribution in [3.8, 4) is 0 Å². The molecule has 2 aliphatic heterocycles. The third-order valence-corrected chi connectivity index (χ3v) is 5.78. The minimum absolute atomic E-state index is 0. The number of carbonyl (C=O) groups is 1. The molecule has 0 spiro atoms. The standard InChI is InChI=1S/C19H31N5O2S.HI/c1-19(2,3)26-18(25)23-8-9-24-14(13-23)11-20-17(24)21-12-15(22(4)5)16-7-6-10-27-16;/h6-7,10,14-15H,8-9,11-13H2,1-5H3,(H,20,21);1H. The highest BCUT2D eigenvalue weighted by Crippen LogP contribution is 2.23. The van der Waals surface area contributed by atoms with Crippen molar-refractivity contribution in [2.75, 3.05) is 46.8 Å². The summed E-state index contributed by atoms with van der Waals surface area (Å²) >= 11 is 1.78. The number of thiophene rings is 1. The van der Waals surface area contributed by atoms with Crippen LogP contribution in [0.2, 0.25) is 0 Å². The third kappa shape index (κ3) is 5.73. The summed E-state index contributed by atoms with van der Waals surface area (Å²) in [4.78, 5) is 24.7. The molecular formula is C19H32IN5O2S. The van der Waals surface area contributed by atoms with Crippen LogP contribution in [0, 0.1) is 0 Å². The first kappa shape index (κ1) is 23.2. The largest absolute Gasteiger partial charge is 0.444 e. The Balaban J connectivity index is 0.00000280. The summed E-state index contributed by atoms with van der Waals surface area (Å²) in [6, 6.07) is 4.81. The van der Waals surface area contributed by atoms with Crippen molar-refractivity contribution >= 4 is 47.4 Å². The lowest BCUT2D eigenvalue weighted by Crippen LogP contribution is -2.57. The monoisotopic (exact) mass is 521 g/mol. The van der Waals surface area contributed by atoms with E-state index in [0.29, 0.717) is 25.7 Å². The SMILES string of the molecule is CN(C)C(CNC1=NCC2CN(C(=O)OC(C)(C)C)CCN12)c1cccs1.I. The molecule has 1 amide bonds. The molecule has 3 heterocycles. The van der Waals surface area contributed by atoms with Gasteiger partial charge in [-0.15, -0.1) is 35.3 Å². The van der Waals surface area contributed by atoms with E-state index in [0.717, 1.165) is 19.0 Å². The maximum atomic E-state index is 12.3. The average Bonchev–Trinajstić information content (AvgIpc) is 3.23. The van der Waals surface area contributed by atoms with E-state index in [4.69, 9.17) is 9.73 Å². The summed E-state index contributed by atoms with van der Waals surface area (Å²) in [6.45, 7) is 9.32. The number of aliphatic imine (C=N–C) groups is 1. The molecule has 28 heavy (non-hydrogen) atoms. The Morgan fingerprint density at radius 1 is 1.43 bits per heavy atom. The summed E-state index contributed by atoms with van der Waals surface area (Å²) in [5.74, 6) is 0.951. The molecule has 2 atom stereocenters. The van der Waals surface area contributed by atoms with E-state index in [1.165, 1.54) is 4.88 Å². The molecule has 7 nitrogen and oxygen atoms in total. The first-order chi connectivity index (χ1) is 12.7. The summed E-state index contributed by atoms with van der Waals surface area (Å²) in [7, 11) is 4.20. The minimum atomic E-state index is -0.462. The topological polar surface area (TPSA) is 60.4 Å². The normalized spacial score (nSPS) is 20.4. The second-order valence-electron chi connectivity index (χ2n) is 8.31. The van der Waals surface area contributed by atoms with E-state index in [1.807, 2.05) is 20.8 Å². The Hall–Kier alpha value is -1.07. The van der Waals surface area contributed by atoms with Crippen LogP contribution < -0.4 is 5.32 Å². The zero-order chi connectivity index (χ0) is 19.6. The van der Waals surface area contributed by atoms with Crippen LogP contribution in [0.5, 0.6) is 0 Å². The first-order valence-corrected chi connectivity index (χ1v) is 10.4. The number of nitrogens with zero attached hydrogens (tertiary/aromatic N) is 4. The van der Waals surface area contributed by atoms with E-state index < -0.39 is 5.60 Å². The van der Waals surface area contributed by atoms with Gasteiger partial charge in [-0.3, -0.25) is 4.99 Å². The lowest BCUT2D eigenvalue weighted by Gasteiger charge is -2.39. The van der Waals surface area contributed by atoms with Gasteiger partial charge >= 0.3 is 6.09 Å². The van der Waals surface area contributed by atoms with Crippen LogP contribution in [0.15, 0.2) is 22.5 Å². The van der Waals surface area contributed by atoms with Crippen LogP contribution in [0.1, 0.15) is 31.7 Å². The molecule has 1 fully saturated rings. The van der Waals surface area contributed by atoms with Gasteiger partial charge in [-0.1, -0.05) is 6.07 Å². The maximum Gasteiger partial charge on any atom is 0.410 e. The van der Waals surface area contributed by atoms with Gasteiger partial charge in [0.1, 0.15) is 5.60 Å². The van der Waals surface area contributed by atoms with Crippen molar-refractivity contribution in [1.29, 1.82) is 0 Å². The van der Waals surface area contributed by atoms with E-state index >= 15 is 0 Å². The van der Waals surface area contributed by atoms with Gasteiger partial charge in [0.15, 0.2) is 5.96 Å². The molecule has 158 valence electrons. The number of carbonyl (C=O) groups excluding carboxylic acids is 1. The highest BCUT2D eigenvalue weighted by Gasteiger charge is 2.36. The second kappa shape index (κ2) is 9.62. The van der Waals surface area contributed by atoms with Crippen LogP contribution in [0.3, 0.4) is 0 Å². The number of amides is 1. The Morgan fingerprint density at radius 2 is 2.18 bits per heavy atom. The summed E-state index contributed by atoms with van der Waals surface area (Å²) < 4.78 is 5.51. The van der Waals surface area contributed by atoms with Gasteiger partial charge in [0.2, 0.25) is 0 Å². The number of ether oxygens (including phenoxy) is 1. The molecule has 1 N–H and O–H groups in total. The lowest BCUT2D eigenvalue weighted by atomic mass is 10.2. The highest BCUT2D eigenvalue weighted by molar-refractivity contribution is 14.0. The van der Waals surface area contributed by atoms with Gasteiger partial charge in [-0.2, -0.15) is 0 Å². The molecule has 0 radical (unpaired) electrons.